The highest BCUT2D eigenvalue weighted by Crippen LogP contribution is 2.43. The Kier molecular flexibility index (Phi) is 7.06. The number of morpholine rings is 1. The van der Waals surface area contributed by atoms with Gasteiger partial charge in [0.25, 0.3) is 0 Å². The zero-order valence-electron chi connectivity index (χ0n) is 15.6. The van der Waals surface area contributed by atoms with Crippen molar-refractivity contribution in [1.82, 2.24) is 4.90 Å². The molecule has 1 N–H and O–H groups in total. The summed E-state index contributed by atoms with van der Waals surface area (Å²) in [5.74, 6) is -1.44. The van der Waals surface area contributed by atoms with Gasteiger partial charge in [-0.25, -0.2) is 4.79 Å². The fourth-order valence-corrected chi connectivity index (χ4v) is 4.05. The van der Waals surface area contributed by atoms with Crippen LogP contribution in [0.25, 0.3) is 0 Å². The van der Waals surface area contributed by atoms with E-state index in [4.69, 9.17) is 39.5 Å². The molecule has 5 nitrogen and oxygen atoms in total. The van der Waals surface area contributed by atoms with E-state index in [9.17, 15) is 14.7 Å². The highest BCUT2D eigenvalue weighted by atomic mass is 35.5. The summed E-state index contributed by atoms with van der Waals surface area (Å²) < 4.78 is 5.89. The van der Waals surface area contributed by atoms with Crippen LogP contribution in [-0.2, 0) is 14.3 Å². The van der Waals surface area contributed by atoms with Gasteiger partial charge in [0.2, 0.25) is 5.91 Å². The van der Waals surface area contributed by atoms with Crippen molar-refractivity contribution >= 4 is 46.7 Å². The highest BCUT2D eigenvalue weighted by molar-refractivity contribution is 6.42. The van der Waals surface area contributed by atoms with Crippen LogP contribution < -0.4 is 0 Å². The first-order chi connectivity index (χ1) is 13.8. The van der Waals surface area contributed by atoms with E-state index >= 15 is 0 Å². The Balaban J connectivity index is 2.14. The molecule has 2 aromatic rings. The van der Waals surface area contributed by atoms with Crippen LogP contribution >= 0.6 is 34.8 Å². The number of aliphatic carboxylic acids is 1. The quantitative estimate of drug-likeness (QED) is 0.619. The number of hydrogen-bond donors (Lipinski definition) is 1. The van der Waals surface area contributed by atoms with E-state index in [1.807, 2.05) is 6.92 Å². The van der Waals surface area contributed by atoms with E-state index in [-0.39, 0.29) is 12.5 Å². The zero-order valence-corrected chi connectivity index (χ0v) is 17.9. The molecule has 29 heavy (non-hydrogen) atoms. The summed E-state index contributed by atoms with van der Waals surface area (Å²) in [6.45, 7) is 1.67. The highest BCUT2D eigenvalue weighted by Gasteiger charge is 2.44. The van der Waals surface area contributed by atoms with Crippen molar-refractivity contribution < 1.29 is 19.4 Å². The first kappa shape index (κ1) is 21.9. The number of amides is 1. The number of carbonyl (C=O) groups is 2. The number of ether oxygens (including phenoxy) is 1. The molecule has 1 aliphatic rings. The molecule has 1 aliphatic heterocycles. The average Bonchev–Trinajstić information content (AvgIpc) is 2.69. The number of carboxylic acid groups (broad SMARTS) is 1. The van der Waals surface area contributed by atoms with Gasteiger partial charge in [0.1, 0.15) is 18.8 Å². The van der Waals surface area contributed by atoms with Crippen molar-refractivity contribution in [3.63, 3.8) is 0 Å². The Labute approximate surface area is 184 Å². The molecule has 1 heterocycles. The van der Waals surface area contributed by atoms with Gasteiger partial charge in [0, 0.05) is 5.02 Å². The predicted octanol–water partition coefficient (Wildman–Crippen LogP) is 5.54. The Bertz CT molecular complexity index is 903. The molecular formula is C21H20Cl3NO4. The summed E-state index contributed by atoms with van der Waals surface area (Å²) >= 11 is 18.3. The molecule has 154 valence electrons. The van der Waals surface area contributed by atoms with Gasteiger partial charge < -0.3 is 14.7 Å². The molecule has 1 fully saturated rings. The maximum atomic E-state index is 12.8. The maximum absolute atomic E-state index is 12.8. The fourth-order valence-electron chi connectivity index (χ4n) is 3.61. The molecular weight excluding hydrogens is 437 g/mol. The molecule has 1 saturated heterocycles. The monoisotopic (exact) mass is 455 g/mol. The molecule has 0 aliphatic carbocycles. The second-order valence-electron chi connectivity index (χ2n) is 6.85. The van der Waals surface area contributed by atoms with Crippen LogP contribution in [0.1, 0.15) is 43.0 Å². The first-order valence-electron chi connectivity index (χ1n) is 9.19. The van der Waals surface area contributed by atoms with Gasteiger partial charge in [-0.15, -0.1) is 0 Å². The Hall–Kier alpha value is -1.79. The molecule has 3 rings (SSSR count). The maximum Gasteiger partial charge on any atom is 0.326 e. The lowest BCUT2D eigenvalue weighted by Crippen LogP contribution is -2.53. The van der Waals surface area contributed by atoms with Gasteiger partial charge in [-0.2, -0.15) is 0 Å². The van der Waals surface area contributed by atoms with Crippen molar-refractivity contribution in [3.05, 3.63) is 68.7 Å². The van der Waals surface area contributed by atoms with E-state index in [0.29, 0.717) is 33.5 Å². The van der Waals surface area contributed by atoms with Crippen molar-refractivity contribution in [1.29, 1.82) is 0 Å². The lowest BCUT2D eigenvalue weighted by atomic mass is 9.90. The molecule has 3 atom stereocenters. The topological polar surface area (TPSA) is 66.8 Å². The van der Waals surface area contributed by atoms with E-state index in [1.54, 1.807) is 42.5 Å². The molecule has 2 aromatic carbocycles. The third-order valence-electron chi connectivity index (χ3n) is 4.93. The number of hydrogen-bond acceptors (Lipinski definition) is 3. The van der Waals surface area contributed by atoms with Gasteiger partial charge in [-0.1, -0.05) is 66.3 Å². The molecule has 0 spiro atoms. The molecule has 0 aromatic heterocycles. The molecule has 0 unspecified atom stereocenters. The number of halogens is 3. The van der Waals surface area contributed by atoms with Crippen LogP contribution in [0.15, 0.2) is 42.5 Å². The number of benzene rings is 2. The predicted molar refractivity (Wildman–Crippen MR) is 113 cm³/mol. The number of carboxylic acids is 1. The van der Waals surface area contributed by atoms with E-state index in [0.717, 1.165) is 5.56 Å². The summed E-state index contributed by atoms with van der Waals surface area (Å²) in [6.07, 6.45) is 0.356. The Morgan fingerprint density at radius 2 is 1.79 bits per heavy atom. The molecule has 0 radical (unpaired) electrons. The smallest absolute Gasteiger partial charge is 0.326 e. The van der Waals surface area contributed by atoms with Crippen LogP contribution in [0, 0.1) is 0 Å². The standard InChI is InChI=1S/C21H20Cl3NO4/c1-2-3-17(21(27)28)25-18(26)11-29-20(12-4-7-14(22)8-5-12)19(25)13-6-9-15(23)16(24)10-13/h4-10,17,19-20H,2-3,11H2,1H3,(H,27,28)/t17-,19+,20-/m0/s1. The fraction of sp³-hybridized carbons (Fsp3) is 0.333. The zero-order chi connectivity index (χ0) is 21.1. The summed E-state index contributed by atoms with van der Waals surface area (Å²) in [5.41, 5.74) is 1.43. The van der Waals surface area contributed by atoms with Gasteiger partial charge in [0.05, 0.1) is 16.1 Å². The van der Waals surface area contributed by atoms with Crippen LogP contribution in [0.5, 0.6) is 0 Å². The van der Waals surface area contributed by atoms with Crippen molar-refractivity contribution in [2.24, 2.45) is 0 Å². The van der Waals surface area contributed by atoms with Crippen LogP contribution in [-0.4, -0.2) is 34.5 Å². The summed E-state index contributed by atoms with van der Waals surface area (Å²) in [4.78, 5) is 26.3. The van der Waals surface area contributed by atoms with Crippen molar-refractivity contribution in [2.45, 2.75) is 38.0 Å². The molecule has 8 heteroatoms. The van der Waals surface area contributed by atoms with Crippen molar-refractivity contribution in [3.8, 4) is 0 Å². The van der Waals surface area contributed by atoms with Gasteiger partial charge in [-0.05, 0) is 41.8 Å². The minimum atomic E-state index is -1.05. The summed E-state index contributed by atoms with van der Waals surface area (Å²) in [5, 5.41) is 11.1. The Morgan fingerprint density at radius 1 is 1.14 bits per heavy atom. The lowest BCUT2D eigenvalue weighted by molar-refractivity contribution is -0.171. The summed E-state index contributed by atoms with van der Waals surface area (Å²) in [6, 6.07) is 10.4. The average molecular weight is 457 g/mol. The van der Waals surface area contributed by atoms with Crippen LogP contribution in [0.2, 0.25) is 15.1 Å². The number of nitrogens with zero attached hydrogens (tertiary/aromatic N) is 1. The number of carbonyl (C=O) groups excluding carboxylic acids is 1. The van der Waals surface area contributed by atoms with E-state index in [2.05, 4.69) is 0 Å². The first-order valence-corrected chi connectivity index (χ1v) is 10.3. The van der Waals surface area contributed by atoms with Crippen LogP contribution in [0.4, 0.5) is 0 Å². The lowest BCUT2D eigenvalue weighted by Gasteiger charge is -2.44. The van der Waals surface area contributed by atoms with Gasteiger partial charge in [0.15, 0.2) is 0 Å². The molecule has 0 bridgehead atoms. The van der Waals surface area contributed by atoms with Crippen LogP contribution in [0.3, 0.4) is 0 Å². The minimum absolute atomic E-state index is 0.210. The Morgan fingerprint density at radius 3 is 2.38 bits per heavy atom. The van der Waals surface area contributed by atoms with Gasteiger partial charge >= 0.3 is 5.97 Å². The summed E-state index contributed by atoms with van der Waals surface area (Å²) in [7, 11) is 0. The largest absolute Gasteiger partial charge is 0.480 e. The SMILES string of the molecule is CCC[C@@H](C(=O)O)N1C(=O)CO[C@@H](c2ccc(Cl)cc2)[C@H]1c1ccc(Cl)c(Cl)c1. The molecule has 1 amide bonds. The van der Waals surface area contributed by atoms with E-state index in [1.165, 1.54) is 4.90 Å². The second-order valence-corrected chi connectivity index (χ2v) is 8.10. The number of rotatable bonds is 6. The van der Waals surface area contributed by atoms with Gasteiger partial charge in [-0.3, -0.25) is 4.79 Å². The third-order valence-corrected chi connectivity index (χ3v) is 5.92. The third kappa shape index (κ3) is 4.69. The minimum Gasteiger partial charge on any atom is -0.480 e. The second kappa shape index (κ2) is 9.35. The van der Waals surface area contributed by atoms with E-state index < -0.39 is 24.2 Å². The van der Waals surface area contributed by atoms with Crippen molar-refractivity contribution in [2.75, 3.05) is 6.61 Å². The molecule has 0 saturated carbocycles. The normalized spacial score (nSPS) is 20.6.